The number of hydrogen-bond donors (Lipinski definition) is 1. The summed E-state index contributed by atoms with van der Waals surface area (Å²) in [5, 5.41) is 1.07. The molecule has 0 aromatic heterocycles. The second-order valence-corrected chi connectivity index (χ2v) is 4.71. The van der Waals surface area contributed by atoms with Crippen LogP contribution in [0, 0.1) is 0 Å². The zero-order chi connectivity index (χ0) is 14.1. The fourth-order valence-electron chi connectivity index (χ4n) is 1.56. The van der Waals surface area contributed by atoms with E-state index in [1.807, 2.05) is 6.07 Å². The highest BCUT2D eigenvalue weighted by Gasteiger charge is 2.10. The number of hydrogen-bond acceptors (Lipinski definition) is 4. The molecule has 0 saturated carbocycles. The molecule has 19 heavy (non-hydrogen) atoms. The average Bonchev–Trinajstić information content (AvgIpc) is 2.36. The van der Waals surface area contributed by atoms with Gasteiger partial charge in [0, 0.05) is 12.1 Å². The zero-order valence-corrected chi connectivity index (χ0v) is 12.5. The van der Waals surface area contributed by atoms with Gasteiger partial charge in [-0.05, 0) is 30.7 Å². The molecule has 4 nitrogen and oxygen atoms in total. The maximum absolute atomic E-state index is 6.12. The Morgan fingerprint density at radius 3 is 2.53 bits per heavy atom. The molecule has 0 amide bonds. The van der Waals surface area contributed by atoms with Gasteiger partial charge in [0.15, 0.2) is 0 Å². The van der Waals surface area contributed by atoms with Crippen LogP contribution in [0.2, 0.25) is 10.0 Å². The van der Waals surface area contributed by atoms with Crippen molar-refractivity contribution < 1.29 is 14.2 Å². The summed E-state index contributed by atoms with van der Waals surface area (Å²) in [6, 6.07) is 3.48. The van der Waals surface area contributed by atoms with Crippen LogP contribution in [0.25, 0.3) is 0 Å². The molecule has 0 heterocycles. The fraction of sp³-hybridized carbons (Fsp3) is 0.538. The van der Waals surface area contributed by atoms with Crippen molar-refractivity contribution in [3.8, 4) is 5.75 Å². The quantitative estimate of drug-likeness (QED) is 0.712. The first-order valence-electron chi connectivity index (χ1n) is 6.06. The van der Waals surface area contributed by atoms with Crippen molar-refractivity contribution in [2.75, 3.05) is 40.1 Å². The lowest BCUT2D eigenvalue weighted by molar-refractivity contribution is 0.0543. The zero-order valence-electron chi connectivity index (χ0n) is 11.0. The molecule has 0 aliphatic heterocycles. The van der Waals surface area contributed by atoms with Gasteiger partial charge in [0.05, 0.1) is 24.8 Å². The number of nitrogens with two attached hydrogens (primary N) is 1. The molecule has 0 bridgehead atoms. The Kier molecular flexibility index (Phi) is 8.18. The molecule has 0 spiro atoms. The number of halogens is 2. The fourth-order valence-corrected chi connectivity index (χ4v) is 2.15. The number of ether oxygens (including phenoxy) is 3. The van der Waals surface area contributed by atoms with Gasteiger partial charge in [-0.2, -0.15) is 0 Å². The largest absolute Gasteiger partial charge is 0.489 e. The van der Waals surface area contributed by atoms with E-state index in [4.69, 9.17) is 43.1 Å². The van der Waals surface area contributed by atoms with Gasteiger partial charge in [-0.25, -0.2) is 0 Å². The van der Waals surface area contributed by atoms with E-state index in [2.05, 4.69) is 0 Å². The van der Waals surface area contributed by atoms with E-state index < -0.39 is 0 Å². The normalized spacial score (nSPS) is 10.7. The predicted octanol–water partition coefficient (Wildman–Crippen LogP) is 2.54. The number of benzene rings is 1. The Balaban J connectivity index is 2.51. The molecule has 0 atom stereocenters. The van der Waals surface area contributed by atoms with Crippen molar-refractivity contribution >= 4 is 23.2 Å². The first-order valence-corrected chi connectivity index (χ1v) is 6.82. The summed E-state index contributed by atoms with van der Waals surface area (Å²) in [5.41, 5.74) is 6.47. The Labute approximate surface area is 123 Å². The molecule has 0 fully saturated rings. The Hall–Kier alpha value is -0.520. The minimum atomic E-state index is 0.419. The minimum Gasteiger partial charge on any atom is -0.489 e. The van der Waals surface area contributed by atoms with Crippen molar-refractivity contribution in [1.29, 1.82) is 0 Å². The summed E-state index contributed by atoms with van der Waals surface area (Å²) >= 11 is 12.1. The van der Waals surface area contributed by atoms with Crippen LogP contribution in [-0.2, 0) is 15.9 Å². The van der Waals surface area contributed by atoms with Crippen molar-refractivity contribution in [3.05, 3.63) is 27.7 Å². The van der Waals surface area contributed by atoms with Crippen LogP contribution in [0.3, 0.4) is 0 Å². The molecule has 0 saturated heterocycles. The molecule has 1 aromatic carbocycles. The first kappa shape index (κ1) is 16.5. The molecule has 0 radical (unpaired) electrons. The third-order valence-corrected chi connectivity index (χ3v) is 2.90. The molecule has 2 N–H and O–H groups in total. The van der Waals surface area contributed by atoms with Gasteiger partial charge in [0.25, 0.3) is 0 Å². The van der Waals surface area contributed by atoms with Gasteiger partial charge in [-0.15, -0.1) is 0 Å². The highest BCUT2D eigenvalue weighted by atomic mass is 35.5. The second kappa shape index (κ2) is 9.39. The van der Waals surface area contributed by atoms with E-state index in [0.29, 0.717) is 55.2 Å². The lowest BCUT2D eigenvalue weighted by atomic mass is 10.1. The number of rotatable bonds is 9. The first-order chi connectivity index (χ1) is 9.19. The van der Waals surface area contributed by atoms with E-state index in [-0.39, 0.29) is 0 Å². The second-order valence-electron chi connectivity index (χ2n) is 3.87. The van der Waals surface area contributed by atoms with Crippen LogP contribution in [0.15, 0.2) is 12.1 Å². The van der Waals surface area contributed by atoms with Gasteiger partial charge >= 0.3 is 0 Å². The maximum atomic E-state index is 6.12. The third-order valence-electron chi connectivity index (χ3n) is 2.40. The predicted molar refractivity (Wildman–Crippen MR) is 77.4 cm³/mol. The van der Waals surface area contributed by atoms with Gasteiger partial charge in [0.2, 0.25) is 0 Å². The van der Waals surface area contributed by atoms with Crippen LogP contribution in [0.5, 0.6) is 5.75 Å². The molecule has 1 rings (SSSR count). The molecular formula is C13H19Cl2NO3. The number of methoxy groups -OCH3 is 1. The molecule has 1 aromatic rings. The third kappa shape index (κ3) is 5.97. The maximum Gasteiger partial charge on any atom is 0.141 e. The molecule has 0 aliphatic rings. The van der Waals surface area contributed by atoms with E-state index in [9.17, 15) is 0 Å². The van der Waals surface area contributed by atoms with Gasteiger partial charge < -0.3 is 19.9 Å². The monoisotopic (exact) mass is 307 g/mol. The van der Waals surface area contributed by atoms with E-state index in [1.165, 1.54) is 0 Å². The lowest BCUT2D eigenvalue weighted by Gasteiger charge is -2.13. The molecule has 6 heteroatoms. The van der Waals surface area contributed by atoms with Crippen molar-refractivity contribution in [2.24, 2.45) is 5.73 Å². The summed E-state index contributed by atoms with van der Waals surface area (Å²) in [6.45, 7) is 2.52. The van der Waals surface area contributed by atoms with Crippen LogP contribution in [-0.4, -0.2) is 40.1 Å². The Morgan fingerprint density at radius 1 is 1.11 bits per heavy atom. The van der Waals surface area contributed by atoms with Crippen molar-refractivity contribution in [1.82, 2.24) is 0 Å². The van der Waals surface area contributed by atoms with Crippen LogP contribution in [0.1, 0.15) is 5.56 Å². The highest BCUT2D eigenvalue weighted by molar-refractivity contribution is 6.35. The van der Waals surface area contributed by atoms with Crippen LogP contribution in [0.4, 0.5) is 0 Å². The van der Waals surface area contributed by atoms with E-state index >= 15 is 0 Å². The summed E-state index contributed by atoms with van der Waals surface area (Å²) in [4.78, 5) is 0. The summed E-state index contributed by atoms with van der Waals surface area (Å²) < 4.78 is 15.8. The summed E-state index contributed by atoms with van der Waals surface area (Å²) in [6.07, 6.45) is 0.667. The minimum absolute atomic E-state index is 0.419. The molecule has 108 valence electrons. The van der Waals surface area contributed by atoms with E-state index in [0.717, 1.165) is 5.56 Å². The van der Waals surface area contributed by atoms with Crippen molar-refractivity contribution in [3.63, 3.8) is 0 Å². The van der Waals surface area contributed by atoms with Gasteiger partial charge in [-0.3, -0.25) is 0 Å². The van der Waals surface area contributed by atoms with Crippen LogP contribution >= 0.6 is 23.2 Å². The highest BCUT2D eigenvalue weighted by Crippen LogP contribution is 2.32. The molecular weight excluding hydrogens is 289 g/mol. The Bertz CT molecular complexity index is 388. The van der Waals surface area contributed by atoms with Crippen LogP contribution < -0.4 is 10.5 Å². The molecule has 0 unspecified atom stereocenters. The van der Waals surface area contributed by atoms with Gasteiger partial charge in [0.1, 0.15) is 12.4 Å². The lowest BCUT2D eigenvalue weighted by Crippen LogP contribution is -2.12. The smallest absolute Gasteiger partial charge is 0.141 e. The SMILES string of the molecule is COCCOCCOc1c(Cl)cc(Cl)cc1CCN. The van der Waals surface area contributed by atoms with Crippen molar-refractivity contribution in [2.45, 2.75) is 6.42 Å². The van der Waals surface area contributed by atoms with Gasteiger partial charge in [-0.1, -0.05) is 23.2 Å². The Morgan fingerprint density at radius 2 is 1.84 bits per heavy atom. The summed E-state index contributed by atoms with van der Waals surface area (Å²) in [5.74, 6) is 0.631. The summed E-state index contributed by atoms with van der Waals surface area (Å²) in [7, 11) is 1.63. The topological polar surface area (TPSA) is 53.7 Å². The average molecular weight is 308 g/mol. The molecule has 0 aliphatic carbocycles. The standard InChI is InChI=1S/C13H19Cl2NO3/c1-17-4-5-18-6-7-19-13-10(2-3-16)8-11(14)9-12(13)15/h8-9H,2-7,16H2,1H3. The van der Waals surface area contributed by atoms with E-state index in [1.54, 1.807) is 13.2 Å².